The van der Waals surface area contributed by atoms with Crippen molar-refractivity contribution in [3.63, 3.8) is 0 Å². The zero-order chi connectivity index (χ0) is 26.0. The van der Waals surface area contributed by atoms with E-state index in [0.717, 1.165) is 17.8 Å². The molecule has 184 valence electrons. The first kappa shape index (κ1) is 24.6. The molecule has 0 amide bonds. The van der Waals surface area contributed by atoms with Gasteiger partial charge in [0.2, 0.25) is 17.8 Å². The second-order valence-corrected chi connectivity index (χ2v) is 7.35. The predicted molar refractivity (Wildman–Crippen MR) is 141 cm³/mol. The Morgan fingerprint density at radius 2 is 0.919 bits per heavy atom. The molecule has 0 saturated carbocycles. The first-order valence-corrected chi connectivity index (χ1v) is 11.0. The Hall–Kier alpha value is -5.51. The highest BCUT2D eigenvalue weighted by Gasteiger charge is 2.10. The summed E-state index contributed by atoms with van der Waals surface area (Å²) in [5, 5.41) is 9.39. The molecule has 0 aliphatic carbocycles. The summed E-state index contributed by atoms with van der Waals surface area (Å²) in [5.74, 6) is 0.505. The maximum atomic E-state index is 11.4. The van der Waals surface area contributed by atoms with Crippen LogP contribution < -0.4 is 25.4 Å². The van der Waals surface area contributed by atoms with E-state index in [-0.39, 0.29) is 11.9 Å². The van der Waals surface area contributed by atoms with Crippen LogP contribution >= 0.6 is 0 Å². The van der Waals surface area contributed by atoms with Crippen molar-refractivity contribution in [1.82, 2.24) is 15.0 Å². The molecular weight excluding hydrogens is 472 g/mol. The number of aromatic nitrogens is 3. The normalized spacial score (nSPS) is 10.1. The van der Waals surface area contributed by atoms with Crippen molar-refractivity contribution in [2.75, 3.05) is 16.0 Å². The van der Waals surface area contributed by atoms with Gasteiger partial charge in [-0.2, -0.15) is 15.0 Å². The van der Waals surface area contributed by atoms with Crippen molar-refractivity contribution in [3.8, 4) is 11.5 Å². The van der Waals surface area contributed by atoms with Gasteiger partial charge in [-0.15, -0.1) is 0 Å². The Morgan fingerprint density at radius 1 is 0.568 bits per heavy atom. The first-order valence-electron chi connectivity index (χ1n) is 11.0. The molecule has 0 aliphatic heterocycles. The van der Waals surface area contributed by atoms with Crippen molar-refractivity contribution in [2.45, 2.75) is 0 Å². The number of benzene rings is 3. The third-order valence-corrected chi connectivity index (χ3v) is 4.66. The summed E-state index contributed by atoms with van der Waals surface area (Å²) in [6.45, 7) is 6.76. The van der Waals surface area contributed by atoms with Crippen LogP contribution in [0.2, 0.25) is 0 Å². The van der Waals surface area contributed by atoms with E-state index in [9.17, 15) is 9.59 Å². The van der Waals surface area contributed by atoms with Gasteiger partial charge in [-0.1, -0.05) is 31.4 Å². The van der Waals surface area contributed by atoms with Gasteiger partial charge < -0.3 is 25.4 Å². The fraction of sp³-hybridized carbons (Fsp3) is 0. The Morgan fingerprint density at radius 3 is 1.27 bits per heavy atom. The summed E-state index contributed by atoms with van der Waals surface area (Å²) in [6.07, 6.45) is 2.18. The highest BCUT2D eigenvalue weighted by molar-refractivity contribution is 5.84. The number of anilines is 6. The molecule has 0 fully saturated rings. The first-order chi connectivity index (χ1) is 18.0. The molecule has 10 nitrogen and oxygen atoms in total. The predicted octanol–water partition coefficient (Wildman–Crippen LogP) is 5.29. The molecule has 0 atom stereocenters. The average molecular weight is 495 g/mol. The molecule has 37 heavy (non-hydrogen) atoms. The van der Waals surface area contributed by atoms with Crippen LogP contribution in [0.5, 0.6) is 11.5 Å². The lowest BCUT2D eigenvalue weighted by Gasteiger charge is -2.12. The van der Waals surface area contributed by atoms with Gasteiger partial charge in [0, 0.05) is 29.2 Å². The third kappa shape index (κ3) is 7.23. The van der Waals surface area contributed by atoms with Crippen molar-refractivity contribution in [2.24, 2.45) is 0 Å². The van der Waals surface area contributed by atoms with E-state index in [1.54, 1.807) is 48.5 Å². The smallest absolute Gasteiger partial charge is 0.335 e. The summed E-state index contributed by atoms with van der Waals surface area (Å²) in [4.78, 5) is 36.1. The number of carbonyl (C=O) groups is 2. The lowest BCUT2D eigenvalue weighted by Crippen LogP contribution is -2.07. The minimum Gasteiger partial charge on any atom is -0.423 e. The molecule has 0 bridgehead atoms. The van der Waals surface area contributed by atoms with Gasteiger partial charge in [0.05, 0.1) is 0 Å². The number of ether oxygens (including phenoxy) is 2. The van der Waals surface area contributed by atoms with Gasteiger partial charge in [-0.3, -0.25) is 0 Å². The third-order valence-electron chi connectivity index (χ3n) is 4.66. The number of hydrogen-bond acceptors (Lipinski definition) is 10. The summed E-state index contributed by atoms with van der Waals surface area (Å²) < 4.78 is 10.2. The molecule has 3 N–H and O–H groups in total. The van der Waals surface area contributed by atoms with Crippen molar-refractivity contribution >= 4 is 46.8 Å². The van der Waals surface area contributed by atoms with Crippen LogP contribution in [0.15, 0.2) is 104 Å². The van der Waals surface area contributed by atoms with E-state index >= 15 is 0 Å². The summed E-state index contributed by atoms with van der Waals surface area (Å²) in [5.41, 5.74) is 2.12. The fourth-order valence-corrected chi connectivity index (χ4v) is 2.98. The Balaban J connectivity index is 1.56. The van der Waals surface area contributed by atoms with Gasteiger partial charge in [0.1, 0.15) is 11.5 Å². The zero-order valence-corrected chi connectivity index (χ0v) is 19.5. The number of nitrogens with zero attached hydrogens (tertiary/aromatic N) is 3. The topological polar surface area (TPSA) is 127 Å². The van der Waals surface area contributed by atoms with E-state index < -0.39 is 11.9 Å². The van der Waals surface area contributed by atoms with E-state index in [4.69, 9.17) is 9.47 Å². The van der Waals surface area contributed by atoms with Crippen LogP contribution in [-0.2, 0) is 9.59 Å². The highest BCUT2D eigenvalue weighted by Crippen LogP contribution is 2.23. The van der Waals surface area contributed by atoms with E-state index in [0.29, 0.717) is 28.8 Å². The van der Waals surface area contributed by atoms with Crippen LogP contribution in [0.1, 0.15) is 0 Å². The van der Waals surface area contributed by atoms with Gasteiger partial charge in [-0.05, 0) is 60.7 Å². The number of nitrogens with one attached hydrogen (secondary N) is 3. The number of esters is 2. The molecule has 4 rings (SSSR count). The lowest BCUT2D eigenvalue weighted by molar-refractivity contribution is -0.129. The van der Waals surface area contributed by atoms with Gasteiger partial charge in [0.25, 0.3) is 0 Å². The van der Waals surface area contributed by atoms with Crippen molar-refractivity contribution in [1.29, 1.82) is 0 Å². The minimum absolute atomic E-state index is 0.267. The van der Waals surface area contributed by atoms with Gasteiger partial charge in [-0.25, -0.2) is 9.59 Å². The minimum atomic E-state index is -0.544. The van der Waals surface area contributed by atoms with Crippen LogP contribution in [0, 0.1) is 0 Å². The molecule has 1 aromatic heterocycles. The monoisotopic (exact) mass is 494 g/mol. The van der Waals surface area contributed by atoms with E-state index in [2.05, 4.69) is 44.1 Å². The van der Waals surface area contributed by atoms with Gasteiger partial charge in [0.15, 0.2) is 0 Å². The molecular formula is C27H22N6O4. The number of para-hydroxylation sites is 1. The number of carbonyl (C=O) groups excluding carboxylic acids is 2. The Labute approximate surface area is 212 Å². The molecule has 10 heteroatoms. The van der Waals surface area contributed by atoms with Crippen molar-refractivity contribution < 1.29 is 19.1 Å². The van der Waals surface area contributed by atoms with Crippen LogP contribution in [0.25, 0.3) is 0 Å². The second kappa shape index (κ2) is 11.8. The van der Waals surface area contributed by atoms with Crippen LogP contribution in [0.3, 0.4) is 0 Å². The maximum Gasteiger partial charge on any atom is 0.335 e. The Kier molecular flexibility index (Phi) is 7.82. The van der Waals surface area contributed by atoms with Gasteiger partial charge >= 0.3 is 11.9 Å². The molecule has 1 heterocycles. The second-order valence-electron chi connectivity index (χ2n) is 7.35. The fourth-order valence-electron chi connectivity index (χ4n) is 2.98. The SMILES string of the molecule is C=CC(=O)Oc1ccc(Nc2nc(Nc3ccccc3)nc(Nc3ccc(OC(=O)C=C)cc3)n2)cc1. The Bertz CT molecular complexity index is 1320. The largest absolute Gasteiger partial charge is 0.423 e. The highest BCUT2D eigenvalue weighted by atomic mass is 16.5. The molecule has 4 aromatic rings. The van der Waals surface area contributed by atoms with Crippen LogP contribution in [0.4, 0.5) is 34.9 Å². The summed E-state index contributed by atoms with van der Waals surface area (Å²) in [7, 11) is 0. The summed E-state index contributed by atoms with van der Waals surface area (Å²) >= 11 is 0. The number of rotatable bonds is 10. The number of hydrogen-bond donors (Lipinski definition) is 3. The van der Waals surface area contributed by atoms with Crippen LogP contribution in [-0.4, -0.2) is 26.9 Å². The molecule has 0 saturated heterocycles. The quantitative estimate of drug-likeness (QED) is 0.152. The lowest BCUT2D eigenvalue weighted by atomic mass is 10.3. The maximum absolute atomic E-state index is 11.4. The molecule has 0 spiro atoms. The summed E-state index contributed by atoms with van der Waals surface area (Å²) in [6, 6.07) is 22.9. The van der Waals surface area contributed by atoms with E-state index in [1.807, 2.05) is 30.3 Å². The zero-order valence-electron chi connectivity index (χ0n) is 19.5. The average Bonchev–Trinajstić information content (AvgIpc) is 2.91. The molecule has 0 unspecified atom stereocenters. The van der Waals surface area contributed by atoms with Crippen molar-refractivity contribution in [3.05, 3.63) is 104 Å². The molecule has 0 aliphatic rings. The standard InChI is InChI=1S/C27H22N6O4/c1-3-23(34)36-21-14-10-19(11-15-21)29-26-31-25(28-18-8-6-5-7-9-18)32-27(33-26)30-20-12-16-22(17-13-20)37-24(35)4-2/h3-17H,1-2H2,(H3,28,29,30,31,32,33). The molecule has 0 radical (unpaired) electrons. The van der Waals surface area contributed by atoms with E-state index in [1.165, 1.54) is 0 Å². The molecule has 3 aromatic carbocycles.